The molecule has 1 aliphatic rings. The molecule has 136 valence electrons. The van der Waals surface area contributed by atoms with Crippen LogP contribution in [0.2, 0.25) is 0 Å². The molecule has 3 rings (SSSR count). The molecule has 1 atom stereocenters. The molecule has 2 aromatic rings. The van der Waals surface area contributed by atoms with Gasteiger partial charge in [-0.25, -0.2) is 8.42 Å². The summed E-state index contributed by atoms with van der Waals surface area (Å²) in [6.45, 7) is 0.379. The summed E-state index contributed by atoms with van der Waals surface area (Å²) in [6.07, 6.45) is 3.26. The number of nitrogens with one attached hydrogen (secondary N) is 1. The first kappa shape index (κ1) is 18.3. The highest BCUT2D eigenvalue weighted by atomic mass is 32.2. The van der Waals surface area contributed by atoms with Crippen molar-refractivity contribution in [3.63, 3.8) is 0 Å². The predicted molar refractivity (Wildman–Crippen MR) is 102 cm³/mol. The Kier molecular flexibility index (Phi) is 5.19. The zero-order valence-electron chi connectivity index (χ0n) is 13.7. The highest BCUT2D eigenvalue weighted by Crippen LogP contribution is 2.15. The van der Waals surface area contributed by atoms with Crippen molar-refractivity contribution in [2.45, 2.75) is 19.0 Å². The van der Waals surface area contributed by atoms with E-state index in [0.29, 0.717) is 13.0 Å². The van der Waals surface area contributed by atoms with Gasteiger partial charge in [0.1, 0.15) is 5.56 Å². The maximum atomic E-state index is 12.1. The predicted octanol–water partition coefficient (Wildman–Crippen LogP) is 1.58. The molecule has 1 aromatic heterocycles. The quantitative estimate of drug-likeness (QED) is 0.595. The molecular formula is C17H17N3O4S2. The lowest BCUT2D eigenvalue weighted by atomic mass is 10.1. The third-order valence-electron chi connectivity index (χ3n) is 3.98. The largest absolute Gasteiger partial charge is 0.494 e. The Morgan fingerprint density at radius 2 is 2.08 bits per heavy atom. The van der Waals surface area contributed by atoms with Crippen molar-refractivity contribution in [1.29, 1.82) is 0 Å². The van der Waals surface area contributed by atoms with Crippen molar-refractivity contribution in [3.8, 4) is 5.88 Å². The molecule has 0 radical (unpaired) electrons. The Labute approximate surface area is 155 Å². The fraction of sp³-hybridized carbons (Fsp3) is 0.235. The molecule has 26 heavy (non-hydrogen) atoms. The summed E-state index contributed by atoms with van der Waals surface area (Å²) in [6, 6.07) is 9.10. The van der Waals surface area contributed by atoms with E-state index in [9.17, 15) is 18.3 Å². The molecule has 0 fully saturated rings. The smallest absolute Gasteiger partial charge is 0.264 e. The molecular weight excluding hydrogens is 374 g/mol. The average molecular weight is 391 g/mol. The van der Waals surface area contributed by atoms with Gasteiger partial charge in [-0.3, -0.25) is 19.3 Å². The number of aliphatic imine (C=N–C) groups is 1. The Morgan fingerprint density at radius 1 is 1.35 bits per heavy atom. The van der Waals surface area contributed by atoms with Crippen molar-refractivity contribution in [2.75, 3.05) is 5.75 Å². The van der Waals surface area contributed by atoms with E-state index in [4.69, 9.17) is 12.2 Å². The molecule has 2 heterocycles. The first-order valence-electron chi connectivity index (χ1n) is 7.90. The van der Waals surface area contributed by atoms with Crippen LogP contribution in [0, 0.1) is 4.77 Å². The second-order valence-corrected chi connectivity index (χ2v) is 8.21. The summed E-state index contributed by atoms with van der Waals surface area (Å²) in [5.74, 6) is -0.432. The third-order valence-corrected chi connectivity index (χ3v) is 5.68. The van der Waals surface area contributed by atoms with Crippen LogP contribution in [0.4, 0.5) is 0 Å². The molecule has 1 aliphatic heterocycles. The lowest BCUT2D eigenvalue weighted by Crippen LogP contribution is -2.20. The number of sulfone groups is 1. The fourth-order valence-corrected chi connectivity index (χ4v) is 4.08. The van der Waals surface area contributed by atoms with Crippen LogP contribution in [-0.4, -0.2) is 41.1 Å². The number of aromatic hydroxyl groups is 1. The van der Waals surface area contributed by atoms with Gasteiger partial charge in [-0.1, -0.05) is 30.3 Å². The van der Waals surface area contributed by atoms with Crippen LogP contribution >= 0.6 is 12.2 Å². The maximum absolute atomic E-state index is 12.1. The van der Waals surface area contributed by atoms with Crippen molar-refractivity contribution in [2.24, 2.45) is 4.99 Å². The van der Waals surface area contributed by atoms with E-state index in [1.54, 1.807) is 0 Å². The van der Waals surface area contributed by atoms with E-state index in [-0.39, 0.29) is 22.0 Å². The molecule has 9 heteroatoms. The van der Waals surface area contributed by atoms with Crippen LogP contribution in [0.1, 0.15) is 11.1 Å². The molecule has 0 unspecified atom stereocenters. The highest BCUT2D eigenvalue weighted by Gasteiger charge is 2.21. The van der Waals surface area contributed by atoms with E-state index in [2.05, 4.69) is 9.98 Å². The van der Waals surface area contributed by atoms with Crippen LogP contribution < -0.4 is 5.56 Å². The summed E-state index contributed by atoms with van der Waals surface area (Å²) in [5.41, 5.74) is 0.443. The number of hydrogen-bond donors (Lipinski definition) is 2. The number of nitrogens with zero attached hydrogens (tertiary/aromatic N) is 2. The Hall–Kier alpha value is -2.52. The first-order valence-corrected chi connectivity index (χ1v) is 10.0. The first-order chi connectivity index (χ1) is 12.4. The molecule has 2 N–H and O–H groups in total. The molecule has 0 amide bonds. The van der Waals surface area contributed by atoms with Crippen LogP contribution in [0.3, 0.4) is 0 Å². The number of aromatic nitrogens is 2. The van der Waals surface area contributed by atoms with Gasteiger partial charge >= 0.3 is 0 Å². The van der Waals surface area contributed by atoms with E-state index in [1.165, 1.54) is 16.9 Å². The highest BCUT2D eigenvalue weighted by molar-refractivity contribution is 7.94. The minimum atomic E-state index is -3.24. The normalized spacial score (nSPS) is 18.5. The van der Waals surface area contributed by atoms with Crippen LogP contribution in [0.25, 0.3) is 0 Å². The van der Waals surface area contributed by atoms with Gasteiger partial charge in [0.15, 0.2) is 14.6 Å². The van der Waals surface area contributed by atoms with Crippen molar-refractivity contribution < 1.29 is 13.5 Å². The van der Waals surface area contributed by atoms with Crippen LogP contribution in [0.5, 0.6) is 5.88 Å². The number of benzene rings is 1. The zero-order valence-corrected chi connectivity index (χ0v) is 15.3. The van der Waals surface area contributed by atoms with Gasteiger partial charge in [-0.2, -0.15) is 0 Å². The third kappa shape index (κ3) is 4.17. The summed E-state index contributed by atoms with van der Waals surface area (Å²) < 4.78 is 24.4. The minimum absolute atomic E-state index is 0.0515. The van der Waals surface area contributed by atoms with E-state index in [0.717, 1.165) is 11.0 Å². The second-order valence-electron chi connectivity index (χ2n) is 5.89. The van der Waals surface area contributed by atoms with Crippen molar-refractivity contribution in [3.05, 3.63) is 68.1 Å². The summed E-state index contributed by atoms with van der Waals surface area (Å²) >= 11 is 5.14. The molecule has 1 aromatic carbocycles. The van der Waals surface area contributed by atoms with Gasteiger partial charge in [0.25, 0.3) is 5.56 Å². The van der Waals surface area contributed by atoms with Gasteiger partial charge in [0.05, 0.1) is 11.8 Å². The van der Waals surface area contributed by atoms with Crippen LogP contribution in [-0.2, 0) is 22.8 Å². The molecule has 0 aliphatic carbocycles. The summed E-state index contributed by atoms with van der Waals surface area (Å²) in [5, 5.41) is 11.6. The lowest BCUT2D eigenvalue weighted by molar-refractivity contribution is 0.403. The summed E-state index contributed by atoms with van der Waals surface area (Å²) in [7, 11) is -3.24. The average Bonchev–Trinajstić information content (AvgIpc) is 2.94. The van der Waals surface area contributed by atoms with Gasteiger partial charge in [0, 0.05) is 18.2 Å². The maximum Gasteiger partial charge on any atom is 0.264 e. The number of aromatic amines is 1. The minimum Gasteiger partial charge on any atom is -0.494 e. The lowest BCUT2D eigenvalue weighted by Gasteiger charge is -2.11. The molecule has 0 spiro atoms. The topological polar surface area (TPSA) is 105 Å². The van der Waals surface area contributed by atoms with Gasteiger partial charge < -0.3 is 5.11 Å². The van der Waals surface area contributed by atoms with E-state index < -0.39 is 21.4 Å². The van der Waals surface area contributed by atoms with Crippen molar-refractivity contribution in [1.82, 2.24) is 9.55 Å². The van der Waals surface area contributed by atoms with Crippen molar-refractivity contribution >= 4 is 28.3 Å². The zero-order chi connectivity index (χ0) is 18.7. The Bertz CT molecular complexity index is 1080. The van der Waals surface area contributed by atoms with E-state index in [1.807, 2.05) is 30.3 Å². The standard InChI is InChI=1S/C17H17N3O4S2/c21-15-14(10-18-13-7-9-26(23,24)11-13)16(22)20(17(25)19-15)8-6-12-4-2-1-3-5-12/h1-5,7,9-10,13,22H,6,8,11H2,(H,19,21,25)/t13-/m0/s1. The number of rotatable bonds is 5. The van der Waals surface area contributed by atoms with Gasteiger partial charge in [-0.05, 0) is 30.3 Å². The Morgan fingerprint density at radius 3 is 2.73 bits per heavy atom. The molecule has 0 saturated heterocycles. The second kappa shape index (κ2) is 7.38. The van der Waals surface area contributed by atoms with E-state index >= 15 is 0 Å². The summed E-state index contributed by atoms with van der Waals surface area (Å²) in [4.78, 5) is 18.7. The number of H-pyrrole nitrogens is 1. The number of aryl methyl sites for hydroxylation is 1. The van der Waals surface area contributed by atoms with Gasteiger partial charge in [-0.15, -0.1) is 0 Å². The SMILES string of the molecule is O=c1[nH]c(=S)n(CCc2ccccc2)c(O)c1C=N[C@H]1C=CS(=O)(=O)C1. The Balaban J connectivity index is 1.86. The molecule has 0 saturated carbocycles. The van der Waals surface area contributed by atoms with Crippen LogP contribution in [0.15, 0.2) is 51.6 Å². The van der Waals surface area contributed by atoms with Gasteiger partial charge in [0.2, 0.25) is 5.88 Å². The fourth-order valence-electron chi connectivity index (χ4n) is 2.61. The number of hydrogen-bond acceptors (Lipinski definition) is 6. The molecule has 7 nitrogen and oxygen atoms in total. The monoisotopic (exact) mass is 391 g/mol. The molecule has 0 bridgehead atoms.